The third-order valence-electron chi connectivity index (χ3n) is 5.70. The summed E-state index contributed by atoms with van der Waals surface area (Å²) in [5.41, 5.74) is 0.612. The van der Waals surface area contributed by atoms with Crippen LogP contribution in [0.3, 0.4) is 0 Å². The largest absolute Gasteiger partial charge is 0.365 e. The number of halogens is 2. The van der Waals surface area contributed by atoms with Crippen LogP contribution in [-0.2, 0) is 34.9 Å². The monoisotopic (exact) mass is 606 g/mol. The number of ether oxygens (including phenoxy) is 1. The van der Waals surface area contributed by atoms with E-state index >= 15 is 0 Å². The average molecular weight is 607 g/mol. The van der Waals surface area contributed by atoms with Crippen LogP contribution in [0.4, 0.5) is 5.82 Å². The Bertz CT molecular complexity index is 1410. The maximum absolute atomic E-state index is 12.6. The van der Waals surface area contributed by atoms with Crippen LogP contribution in [0, 0.1) is 0 Å². The summed E-state index contributed by atoms with van der Waals surface area (Å²) in [6, 6.07) is 7.47. The molecule has 0 radical (unpaired) electrons. The molecule has 2 atom stereocenters. The number of hydrogen-bond acceptors (Lipinski definition) is 10. The Morgan fingerprint density at radius 3 is 2.61 bits per heavy atom. The summed E-state index contributed by atoms with van der Waals surface area (Å²) in [4.78, 5) is 8.64. The number of aromatic nitrogens is 4. The van der Waals surface area contributed by atoms with Crippen LogP contribution in [0.25, 0.3) is 11.0 Å². The van der Waals surface area contributed by atoms with Gasteiger partial charge in [0.25, 0.3) is 0 Å². The van der Waals surface area contributed by atoms with Crippen molar-refractivity contribution < 1.29 is 26.8 Å². The van der Waals surface area contributed by atoms with Gasteiger partial charge in [0.05, 0.1) is 30.9 Å². The van der Waals surface area contributed by atoms with E-state index in [1.165, 1.54) is 0 Å². The second-order valence-electron chi connectivity index (χ2n) is 8.44. The van der Waals surface area contributed by atoms with Crippen LogP contribution in [-0.4, -0.2) is 59.5 Å². The summed E-state index contributed by atoms with van der Waals surface area (Å²) in [5, 5.41) is 9.00. The molecule has 1 aliphatic rings. The number of sulfonamides is 1. The second kappa shape index (κ2) is 12.6. The lowest BCUT2D eigenvalue weighted by molar-refractivity contribution is 0.0000357. The number of anilines is 1. The zero-order chi connectivity index (χ0) is 27.3. The molecule has 12 nitrogen and oxygen atoms in total. The summed E-state index contributed by atoms with van der Waals surface area (Å²) in [5.74, 6) is 0.501. The van der Waals surface area contributed by atoms with Crippen LogP contribution < -0.4 is 10.0 Å². The molecule has 0 saturated carbocycles. The van der Waals surface area contributed by atoms with Gasteiger partial charge in [-0.2, -0.15) is 15.1 Å². The van der Waals surface area contributed by atoms with E-state index in [-0.39, 0.29) is 25.0 Å². The molecule has 38 heavy (non-hydrogen) atoms. The predicted octanol–water partition coefficient (Wildman–Crippen LogP) is 4.57. The van der Waals surface area contributed by atoms with Crippen molar-refractivity contribution in [3.05, 3.63) is 46.3 Å². The zero-order valence-electron chi connectivity index (χ0n) is 20.8. The van der Waals surface area contributed by atoms with Gasteiger partial charge in [0.2, 0.25) is 15.3 Å². The Kier molecular flexibility index (Phi) is 9.64. The van der Waals surface area contributed by atoms with Crippen molar-refractivity contribution in [1.29, 1.82) is 0 Å². The lowest BCUT2D eigenvalue weighted by atomic mass is 10.2. The number of hydrogen-bond donors (Lipinski definition) is 2. The van der Waals surface area contributed by atoms with Gasteiger partial charge in [0.1, 0.15) is 5.82 Å². The number of rotatable bonds is 13. The molecule has 4 rings (SSSR count). The lowest BCUT2D eigenvalue weighted by Gasteiger charge is -2.18. The fourth-order valence-electron chi connectivity index (χ4n) is 4.06. The number of fused-ring (bicyclic) bond motifs is 1. The molecule has 1 fully saturated rings. The molecule has 208 valence electrons. The van der Waals surface area contributed by atoms with E-state index in [9.17, 15) is 13.0 Å². The SMILES string of the molecule is CCOP(=O)(CS(=O)(=O)NC[C@@H]1CC[C@H](n2ncc3c(NCc4ccccc4Cl)nc(Cl)nc32)O1)OCC. The normalized spacial score (nSPS) is 18.3. The minimum atomic E-state index is -3.94. The summed E-state index contributed by atoms with van der Waals surface area (Å²) in [7, 11) is -7.71. The van der Waals surface area contributed by atoms with E-state index in [1.807, 2.05) is 24.3 Å². The smallest absolute Gasteiger partial charge is 0.347 e. The maximum atomic E-state index is 12.6. The Morgan fingerprint density at radius 1 is 1.16 bits per heavy atom. The predicted molar refractivity (Wildman–Crippen MR) is 145 cm³/mol. The van der Waals surface area contributed by atoms with Crippen molar-refractivity contribution in [3.63, 3.8) is 0 Å². The molecular formula is C22H29Cl2N6O6PS. The molecule has 0 bridgehead atoms. The van der Waals surface area contributed by atoms with Gasteiger partial charge in [-0.05, 0) is 49.9 Å². The highest BCUT2D eigenvalue weighted by atomic mass is 35.5. The van der Waals surface area contributed by atoms with E-state index in [2.05, 4.69) is 25.1 Å². The van der Waals surface area contributed by atoms with Gasteiger partial charge in [-0.15, -0.1) is 0 Å². The molecule has 1 saturated heterocycles. The molecule has 2 N–H and O–H groups in total. The summed E-state index contributed by atoms with van der Waals surface area (Å²) in [6.07, 6.45) is 1.85. The topological polar surface area (TPSA) is 147 Å². The fourth-order valence-corrected chi connectivity index (χ4v) is 8.36. The Hall–Kier alpha value is -1.83. The van der Waals surface area contributed by atoms with Crippen molar-refractivity contribution in [2.45, 2.75) is 45.6 Å². The van der Waals surface area contributed by atoms with Crippen LogP contribution in [0.2, 0.25) is 10.3 Å². The van der Waals surface area contributed by atoms with Gasteiger partial charge in [0.15, 0.2) is 17.4 Å². The Balaban J connectivity index is 1.41. The molecule has 3 aromatic rings. The number of nitrogens with one attached hydrogen (secondary N) is 2. The first-order valence-corrected chi connectivity index (χ1v) is 16.2. The third kappa shape index (κ3) is 7.22. The van der Waals surface area contributed by atoms with Crippen LogP contribution in [0.15, 0.2) is 30.5 Å². The van der Waals surface area contributed by atoms with Crippen molar-refractivity contribution in [1.82, 2.24) is 24.5 Å². The van der Waals surface area contributed by atoms with Crippen LogP contribution in [0.1, 0.15) is 38.5 Å². The summed E-state index contributed by atoms with van der Waals surface area (Å²) in [6.45, 7) is 3.80. The Morgan fingerprint density at radius 2 is 1.89 bits per heavy atom. The highest BCUT2D eigenvalue weighted by Gasteiger charge is 2.34. The molecule has 0 spiro atoms. The second-order valence-corrected chi connectivity index (χ2v) is 13.5. The molecule has 0 unspecified atom stereocenters. The Labute approximate surface area is 230 Å². The quantitative estimate of drug-likeness (QED) is 0.209. The minimum absolute atomic E-state index is 0.00331. The van der Waals surface area contributed by atoms with Gasteiger partial charge in [-0.3, -0.25) is 4.57 Å². The van der Waals surface area contributed by atoms with E-state index < -0.39 is 35.4 Å². The van der Waals surface area contributed by atoms with Gasteiger partial charge in [-0.25, -0.2) is 17.8 Å². The third-order valence-corrected chi connectivity index (χ3v) is 10.8. The van der Waals surface area contributed by atoms with E-state index in [4.69, 9.17) is 37.0 Å². The van der Waals surface area contributed by atoms with Crippen LogP contribution >= 0.6 is 30.8 Å². The highest BCUT2D eigenvalue weighted by Crippen LogP contribution is 2.48. The standard InChI is InChI=1S/C22H29Cl2N6O6PS/c1-3-34-37(31,35-4-2)14-38(32,33)27-12-16-9-10-19(36-16)30-21-17(13-26-30)20(28-22(24)29-21)25-11-15-7-5-6-8-18(15)23/h5-8,13,16,19,27H,3-4,9-12,14H2,1-2H3,(H,25,28,29)/t16-,19+/m0/s1. The van der Waals surface area contributed by atoms with Gasteiger partial charge >= 0.3 is 7.60 Å². The van der Waals surface area contributed by atoms with Crippen molar-refractivity contribution >= 4 is 57.7 Å². The van der Waals surface area contributed by atoms with E-state index in [0.717, 1.165) is 5.56 Å². The first kappa shape index (κ1) is 29.2. The van der Waals surface area contributed by atoms with E-state index in [1.54, 1.807) is 24.7 Å². The molecule has 16 heteroatoms. The van der Waals surface area contributed by atoms with Crippen LogP contribution in [0.5, 0.6) is 0 Å². The number of nitrogens with zero attached hydrogens (tertiary/aromatic N) is 4. The number of benzene rings is 1. The molecule has 0 aliphatic carbocycles. The minimum Gasteiger partial charge on any atom is -0.365 e. The maximum Gasteiger partial charge on any atom is 0.347 e. The molecule has 1 aromatic carbocycles. The van der Waals surface area contributed by atoms with Gasteiger partial charge in [-0.1, -0.05) is 29.8 Å². The molecular weight excluding hydrogens is 578 g/mol. The van der Waals surface area contributed by atoms with Gasteiger partial charge < -0.3 is 19.1 Å². The van der Waals surface area contributed by atoms with Crippen molar-refractivity contribution in [2.75, 3.05) is 30.6 Å². The fraction of sp³-hybridized carbons (Fsp3) is 0.500. The molecule has 3 heterocycles. The molecule has 0 amide bonds. The van der Waals surface area contributed by atoms with Crippen molar-refractivity contribution in [3.8, 4) is 0 Å². The molecule has 2 aromatic heterocycles. The van der Waals surface area contributed by atoms with Crippen molar-refractivity contribution in [2.24, 2.45) is 0 Å². The lowest BCUT2D eigenvalue weighted by Crippen LogP contribution is -2.34. The highest BCUT2D eigenvalue weighted by molar-refractivity contribution is 7.96. The summed E-state index contributed by atoms with van der Waals surface area (Å²) >= 11 is 12.5. The van der Waals surface area contributed by atoms with E-state index in [0.29, 0.717) is 41.3 Å². The van der Waals surface area contributed by atoms with Gasteiger partial charge in [0, 0.05) is 18.1 Å². The first-order chi connectivity index (χ1) is 18.1. The summed E-state index contributed by atoms with van der Waals surface area (Å²) < 4.78 is 58.0. The first-order valence-electron chi connectivity index (χ1n) is 12.0. The molecule has 1 aliphatic heterocycles. The average Bonchev–Trinajstić information content (AvgIpc) is 3.49. The zero-order valence-corrected chi connectivity index (χ0v) is 24.1.